The van der Waals surface area contributed by atoms with E-state index >= 15 is 0 Å². The molecule has 0 bridgehead atoms. The van der Waals surface area contributed by atoms with Gasteiger partial charge in [0.15, 0.2) is 0 Å². The van der Waals surface area contributed by atoms with Crippen LogP contribution in [-0.4, -0.2) is 35.6 Å². The van der Waals surface area contributed by atoms with E-state index in [9.17, 15) is 0 Å². The quantitative estimate of drug-likeness (QED) is 0.466. The van der Waals surface area contributed by atoms with Crippen LogP contribution >= 0.6 is 0 Å². The van der Waals surface area contributed by atoms with E-state index in [-0.39, 0.29) is 0 Å². The Labute approximate surface area is 136 Å². The van der Waals surface area contributed by atoms with Crippen molar-refractivity contribution in [1.29, 1.82) is 0 Å². The fourth-order valence-electron chi connectivity index (χ4n) is 2.57. The highest BCUT2D eigenvalue weighted by atomic mass is 16.6. The molecule has 0 N–H and O–H groups in total. The first kappa shape index (κ1) is 15.5. The van der Waals surface area contributed by atoms with E-state index in [1.54, 1.807) is 0 Å². The van der Waals surface area contributed by atoms with Crippen molar-refractivity contribution in [3.05, 3.63) is 41.8 Å². The lowest BCUT2D eigenvalue weighted by Gasteiger charge is -2.24. The van der Waals surface area contributed by atoms with Crippen LogP contribution in [0.15, 0.2) is 39.9 Å². The molecule has 0 atom stereocenters. The van der Waals surface area contributed by atoms with Crippen molar-refractivity contribution in [2.75, 3.05) is 24.6 Å². The summed E-state index contributed by atoms with van der Waals surface area (Å²) in [7, 11) is 0. The van der Waals surface area contributed by atoms with Crippen molar-refractivity contribution in [2.45, 2.75) is 32.6 Å². The van der Waals surface area contributed by atoms with Crippen molar-refractivity contribution in [1.82, 2.24) is 10.2 Å². The molecule has 0 amide bonds. The highest BCUT2D eigenvalue weighted by molar-refractivity contribution is 5.98. The Kier molecular flexibility index (Phi) is 5.24. The van der Waals surface area contributed by atoms with Crippen LogP contribution in [0, 0.1) is 0 Å². The minimum atomic E-state index is 0.422. The van der Waals surface area contributed by atoms with E-state index in [0.29, 0.717) is 24.9 Å². The lowest BCUT2D eigenvalue weighted by Crippen LogP contribution is -2.29. The van der Waals surface area contributed by atoms with Crippen molar-refractivity contribution in [3.8, 4) is 0 Å². The molecule has 23 heavy (non-hydrogen) atoms. The molecule has 0 aliphatic carbocycles. The van der Waals surface area contributed by atoms with Gasteiger partial charge in [0.2, 0.25) is 5.89 Å². The Morgan fingerprint density at radius 3 is 2.74 bits per heavy atom. The van der Waals surface area contributed by atoms with Crippen LogP contribution in [0.25, 0.3) is 0 Å². The van der Waals surface area contributed by atoms with Gasteiger partial charge in [-0.05, 0) is 31.7 Å². The number of hydrogen-bond acceptors (Lipinski definition) is 6. The van der Waals surface area contributed by atoms with Gasteiger partial charge in [0, 0.05) is 13.1 Å². The fraction of sp³-hybridized carbons (Fsp3) is 0.471. The van der Waals surface area contributed by atoms with Crippen LogP contribution in [0.4, 0.5) is 6.01 Å². The van der Waals surface area contributed by atoms with Gasteiger partial charge in [0.1, 0.15) is 6.61 Å². The number of rotatable bonds is 6. The van der Waals surface area contributed by atoms with Crippen LogP contribution in [0.3, 0.4) is 0 Å². The summed E-state index contributed by atoms with van der Waals surface area (Å²) in [6.07, 6.45) is 4.22. The van der Waals surface area contributed by atoms with E-state index in [1.165, 1.54) is 19.3 Å². The number of piperidine rings is 1. The first-order valence-electron chi connectivity index (χ1n) is 8.12. The summed E-state index contributed by atoms with van der Waals surface area (Å²) in [6.45, 7) is 4.35. The maximum absolute atomic E-state index is 5.69. The van der Waals surface area contributed by atoms with Crippen LogP contribution in [0.5, 0.6) is 0 Å². The molecule has 6 heteroatoms. The Morgan fingerprint density at radius 1 is 1.17 bits per heavy atom. The summed E-state index contributed by atoms with van der Waals surface area (Å²) >= 11 is 0. The zero-order chi connectivity index (χ0) is 15.9. The van der Waals surface area contributed by atoms with Crippen LogP contribution in [-0.2, 0) is 11.3 Å². The molecular weight excluding hydrogens is 292 g/mol. The molecule has 1 saturated heterocycles. The number of oxime groups is 1. The average Bonchev–Trinajstić information content (AvgIpc) is 3.09. The lowest BCUT2D eigenvalue weighted by atomic mass is 10.1. The first-order chi connectivity index (χ1) is 11.3. The number of benzene rings is 1. The molecule has 122 valence electrons. The van der Waals surface area contributed by atoms with Crippen LogP contribution in [0.1, 0.15) is 37.6 Å². The largest absolute Gasteiger partial charge is 0.408 e. The third-order valence-electron chi connectivity index (χ3n) is 3.88. The zero-order valence-electron chi connectivity index (χ0n) is 13.4. The van der Waals surface area contributed by atoms with Gasteiger partial charge in [-0.15, -0.1) is 5.10 Å². The Hall–Kier alpha value is -2.37. The molecule has 6 nitrogen and oxygen atoms in total. The SMILES string of the molecule is C/C(=N\OCCc1nnc(N2CCCCC2)o1)c1ccccc1. The van der Waals surface area contributed by atoms with E-state index in [2.05, 4.69) is 20.3 Å². The molecule has 2 aromatic rings. The van der Waals surface area contributed by atoms with Gasteiger partial charge in [-0.25, -0.2) is 0 Å². The summed E-state index contributed by atoms with van der Waals surface area (Å²) in [5, 5.41) is 12.3. The van der Waals surface area contributed by atoms with Crippen molar-refractivity contribution >= 4 is 11.7 Å². The van der Waals surface area contributed by atoms with Crippen molar-refractivity contribution in [2.24, 2.45) is 5.16 Å². The minimum absolute atomic E-state index is 0.422. The second-order valence-corrected chi connectivity index (χ2v) is 5.65. The third-order valence-corrected chi connectivity index (χ3v) is 3.88. The predicted molar refractivity (Wildman–Crippen MR) is 88.7 cm³/mol. The summed E-state index contributed by atoms with van der Waals surface area (Å²) in [5.74, 6) is 0.595. The van der Waals surface area contributed by atoms with E-state index < -0.39 is 0 Å². The summed E-state index contributed by atoms with van der Waals surface area (Å²) in [5.41, 5.74) is 1.91. The van der Waals surface area contributed by atoms with E-state index in [0.717, 1.165) is 24.4 Å². The van der Waals surface area contributed by atoms with Gasteiger partial charge in [-0.1, -0.05) is 40.6 Å². The lowest BCUT2D eigenvalue weighted by molar-refractivity contribution is 0.142. The molecule has 0 radical (unpaired) electrons. The van der Waals surface area contributed by atoms with E-state index in [1.807, 2.05) is 37.3 Å². The standard InChI is InChI=1S/C17H22N4O2/c1-14(15-8-4-2-5-9-15)20-22-13-10-16-18-19-17(23-16)21-11-6-3-7-12-21/h2,4-5,8-9H,3,6-7,10-13H2,1H3/b20-14+. The van der Waals surface area contributed by atoms with Crippen molar-refractivity contribution in [3.63, 3.8) is 0 Å². The van der Waals surface area contributed by atoms with Gasteiger partial charge in [-0.2, -0.15) is 0 Å². The maximum atomic E-state index is 5.69. The Balaban J connectivity index is 1.46. The molecule has 1 aliphatic rings. The number of hydrogen-bond donors (Lipinski definition) is 0. The van der Waals surface area contributed by atoms with Gasteiger partial charge in [-0.3, -0.25) is 0 Å². The third kappa shape index (κ3) is 4.31. The number of anilines is 1. The maximum Gasteiger partial charge on any atom is 0.318 e. The normalized spacial score (nSPS) is 15.7. The van der Waals surface area contributed by atoms with Crippen LogP contribution in [0.2, 0.25) is 0 Å². The smallest absolute Gasteiger partial charge is 0.318 e. The molecule has 0 unspecified atom stereocenters. The Morgan fingerprint density at radius 2 is 1.96 bits per heavy atom. The monoisotopic (exact) mass is 314 g/mol. The van der Waals surface area contributed by atoms with Crippen LogP contribution < -0.4 is 4.90 Å². The summed E-state index contributed by atoms with van der Waals surface area (Å²) in [6, 6.07) is 10.6. The molecule has 1 fully saturated rings. The predicted octanol–water partition coefficient (Wildman–Crippen LogP) is 3.04. The summed E-state index contributed by atoms with van der Waals surface area (Å²) < 4.78 is 5.69. The van der Waals surface area contributed by atoms with Crippen molar-refractivity contribution < 1.29 is 9.25 Å². The van der Waals surface area contributed by atoms with Gasteiger partial charge in [0.05, 0.1) is 12.1 Å². The topological polar surface area (TPSA) is 63.8 Å². The highest BCUT2D eigenvalue weighted by Crippen LogP contribution is 2.18. The molecule has 3 rings (SSSR count). The van der Waals surface area contributed by atoms with Gasteiger partial charge in [0.25, 0.3) is 0 Å². The number of nitrogens with zero attached hydrogens (tertiary/aromatic N) is 4. The molecule has 1 aliphatic heterocycles. The van der Waals surface area contributed by atoms with E-state index in [4.69, 9.17) is 9.25 Å². The molecule has 2 heterocycles. The second kappa shape index (κ2) is 7.76. The highest BCUT2D eigenvalue weighted by Gasteiger charge is 2.16. The summed E-state index contributed by atoms with van der Waals surface area (Å²) in [4.78, 5) is 7.51. The van der Waals surface area contributed by atoms with Gasteiger partial charge < -0.3 is 14.2 Å². The molecule has 0 spiro atoms. The molecule has 1 aromatic heterocycles. The molecule has 1 aromatic carbocycles. The fourth-order valence-corrected chi connectivity index (χ4v) is 2.57. The van der Waals surface area contributed by atoms with Gasteiger partial charge >= 0.3 is 6.01 Å². The average molecular weight is 314 g/mol. The first-order valence-corrected chi connectivity index (χ1v) is 8.12. The zero-order valence-corrected chi connectivity index (χ0v) is 13.4. The minimum Gasteiger partial charge on any atom is -0.408 e. The molecular formula is C17H22N4O2. The second-order valence-electron chi connectivity index (χ2n) is 5.65. The number of aromatic nitrogens is 2. The molecule has 0 saturated carbocycles. The Bertz CT molecular complexity index is 633.